The molecule has 1 aliphatic carbocycles. The molecule has 136 valence electrons. The van der Waals surface area contributed by atoms with Gasteiger partial charge in [-0.25, -0.2) is 9.78 Å². The quantitative estimate of drug-likeness (QED) is 0.714. The number of carbonyl (C=O) groups is 1. The molecule has 0 aromatic carbocycles. The van der Waals surface area contributed by atoms with Crippen LogP contribution in [0.4, 0.5) is 10.6 Å². The zero-order chi connectivity index (χ0) is 17.9. The molecule has 7 nitrogen and oxygen atoms in total. The molecule has 0 atom stereocenters. The van der Waals surface area contributed by atoms with Crippen molar-refractivity contribution < 1.29 is 9.21 Å². The molecule has 0 bridgehead atoms. The van der Waals surface area contributed by atoms with Gasteiger partial charge in [-0.2, -0.15) is 9.78 Å². The van der Waals surface area contributed by atoms with Gasteiger partial charge in [-0.3, -0.25) is 5.32 Å². The summed E-state index contributed by atoms with van der Waals surface area (Å²) in [6.07, 6.45) is 7.32. The highest BCUT2D eigenvalue weighted by Gasteiger charge is 2.18. The number of nitrogens with zero attached hydrogens (tertiary/aromatic N) is 3. The van der Waals surface area contributed by atoms with Crippen molar-refractivity contribution in [2.45, 2.75) is 45.1 Å². The van der Waals surface area contributed by atoms with E-state index in [0.29, 0.717) is 16.7 Å². The van der Waals surface area contributed by atoms with Crippen LogP contribution >= 0.6 is 11.3 Å². The second-order valence-electron chi connectivity index (χ2n) is 6.51. The van der Waals surface area contributed by atoms with Crippen LogP contribution in [0, 0.1) is 6.92 Å². The van der Waals surface area contributed by atoms with Gasteiger partial charge in [-0.05, 0) is 31.9 Å². The molecule has 0 radical (unpaired) electrons. The van der Waals surface area contributed by atoms with Crippen LogP contribution in [0.25, 0.3) is 16.6 Å². The van der Waals surface area contributed by atoms with Crippen LogP contribution < -0.4 is 10.6 Å². The molecule has 3 heterocycles. The van der Waals surface area contributed by atoms with E-state index in [2.05, 4.69) is 20.7 Å². The summed E-state index contributed by atoms with van der Waals surface area (Å²) in [7, 11) is 0. The Bertz CT molecular complexity index is 877. The van der Waals surface area contributed by atoms with Gasteiger partial charge in [0.1, 0.15) is 11.5 Å². The van der Waals surface area contributed by atoms with E-state index < -0.39 is 0 Å². The molecule has 2 amide bonds. The van der Waals surface area contributed by atoms with Gasteiger partial charge >= 0.3 is 6.03 Å². The summed E-state index contributed by atoms with van der Waals surface area (Å²) < 4.78 is 7.05. The third-order valence-electron chi connectivity index (χ3n) is 4.46. The van der Waals surface area contributed by atoms with Crippen LogP contribution in [-0.4, -0.2) is 26.8 Å². The van der Waals surface area contributed by atoms with Crippen LogP contribution in [0.15, 0.2) is 34.3 Å². The first-order valence-electron chi connectivity index (χ1n) is 8.83. The maximum absolute atomic E-state index is 12.4. The molecule has 0 spiro atoms. The van der Waals surface area contributed by atoms with E-state index in [-0.39, 0.29) is 12.1 Å². The highest BCUT2D eigenvalue weighted by molar-refractivity contribution is 7.12. The Kier molecular flexibility index (Phi) is 4.75. The average Bonchev–Trinajstić information content (AvgIpc) is 3.35. The van der Waals surface area contributed by atoms with E-state index in [1.165, 1.54) is 30.6 Å². The summed E-state index contributed by atoms with van der Waals surface area (Å²) in [5.41, 5.74) is 1.56. The fourth-order valence-electron chi connectivity index (χ4n) is 3.22. The molecule has 1 aliphatic rings. The van der Waals surface area contributed by atoms with Gasteiger partial charge in [-0.15, -0.1) is 11.3 Å². The van der Waals surface area contributed by atoms with Crippen LogP contribution in [0.5, 0.6) is 0 Å². The van der Waals surface area contributed by atoms with Gasteiger partial charge in [0.15, 0.2) is 5.76 Å². The van der Waals surface area contributed by atoms with Gasteiger partial charge < -0.3 is 9.73 Å². The maximum Gasteiger partial charge on any atom is 0.320 e. The molecule has 1 saturated carbocycles. The standard InChI is InChI=1S/C18H21N5O2S/c1-12-10-16(21-17(24)19-13-6-3-2-4-7-13)23(22-12)18-20-14(11-26-18)15-8-5-9-25-15/h5,8-11,13H,2-4,6-7H2,1H3,(H2,19,21,24). The van der Waals surface area contributed by atoms with Gasteiger partial charge in [0.05, 0.1) is 12.0 Å². The number of rotatable bonds is 4. The molecule has 1 fully saturated rings. The molecule has 26 heavy (non-hydrogen) atoms. The molecule has 3 aromatic rings. The van der Waals surface area contributed by atoms with Crippen molar-refractivity contribution >= 4 is 23.2 Å². The van der Waals surface area contributed by atoms with E-state index in [1.54, 1.807) is 10.9 Å². The predicted molar refractivity (Wildman–Crippen MR) is 101 cm³/mol. The number of nitrogens with one attached hydrogen (secondary N) is 2. The zero-order valence-corrected chi connectivity index (χ0v) is 15.4. The first-order chi connectivity index (χ1) is 12.7. The summed E-state index contributed by atoms with van der Waals surface area (Å²) in [6.45, 7) is 1.89. The predicted octanol–water partition coefficient (Wildman–Crippen LogP) is 4.35. The van der Waals surface area contributed by atoms with Crippen molar-refractivity contribution in [3.63, 3.8) is 0 Å². The van der Waals surface area contributed by atoms with Crippen LogP contribution in [-0.2, 0) is 0 Å². The molecule has 0 saturated heterocycles. The molecule has 0 unspecified atom stereocenters. The number of hydrogen-bond acceptors (Lipinski definition) is 5. The number of anilines is 1. The van der Waals surface area contributed by atoms with E-state index in [9.17, 15) is 4.79 Å². The monoisotopic (exact) mass is 371 g/mol. The number of furan rings is 1. The number of urea groups is 1. The smallest absolute Gasteiger partial charge is 0.320 e. The normalized spacial score (nSPS) is 15.1. The second kappa shape index (κ2) is 7.33. The third-order valence-corrected chi connectivity index (χ3v) is 5.28. The Morgan fingerprint density at radius 3 is 2.96 bits per heavy atom. The number of aromatic nitrogens is 3. The van der Waals surface area contributed by atoms with Gasteiger partial charge in [0.25, 0.3) is 0 Å². The SMILES string of the molecule is Cc1cc(NC(=O)NC2CCCCC2)n(-c2nc(-c3ccco3)cs2)n1. The molecule has 4 rings (SSSR count). The van der Waals surface area contributed by atoms with Crippen molar-refractivity contribution in [1.82, 2.24) is 20.1 Å². The number of hydrogen-bond donors (Lipinski definition) is 2. The van der Waals surface area contributed by atoms with Crippen molar-refractivity contribution in [3.05, 3.63) is 35.5 Å². The molecular formula is C18H21N5O2S. The van der Waals surface area contributed by atoms with Crippen molar-refractivity contribution in [2.75, 3.05) is 5.32 Å². The number of amides is 2. The molecule has 3 aromatic heterocycles. The second-order valence-corrected chi connectivity index (χ2v) is 7.35. The summed E-state index contributed by atoms with van der Waals surface area (Å²) in [4.78, 5) is 16.9. The van der Waals surface area contributed by atoms with E-state index in [4.69, 9.17) is 4.42 Å². The van der Waals surface area contributed by atoms with E-state index in [0.717, 1.165) is 24.2 Å². The molecule has 2 N–H and O–H groups in total. The van der Waals surface area contributed by atoms with Crippen molar-refractivity contribution in [2.24, 2.45) is 0 Å². The Morgan fingerprint density at radius 1 is 1.35 bits per heavy atom. The lowest BCUT2D eigenvalue weighted by molar-refractivity contribution is 0.244. The highest BCUT2D eigenvalue weighted by atomic mass is 32.1. The fraction of sp³-hybridized carbons (Fsp3) is 0.389. The van der Waals surface area contributed by atoms with Crippen molar-refractivity contribution in [1.29, 1.82) is 0 Å². The summed E-state index contributed by atoms with van der Waals surface area (Å²) in [5.74, 6) is 1.32. The Labute approximate surface area is 155 Å². The first-order valence-corrected chi connectivity index (χ1v) is 9.71. The van der Waals surface area contributed by atoms with E-state index in [1.807, 2.05) is 30.5 Å². The lowest BCUT2D eigenvalue weighted by Gasteiger charge is -2.22. The number of carbonyl (C=O) groups excluding carboxylic acids is 1. The van der Waals surface area contributed by atoms with Gasteiger partial charge in [0, 0.05) is 17.5 Å². The minimum atomic E-state index is -0.194. The van der Waals surface area contributed by atoms with Crippen LogP contribution in [0.2, 0.25) is 0 Å². The van der Waals surface area contributed by atoms with Crippen LogP contribution in [0.1, 0.15) is 37.8 Å². The van der Waals surface area contributed by atoms with Crippen molar-refractivity contribution in [3.8, 4) is 16.6 Å². The fourth-order valence-corrected chi connectivity index (χ4v) is 3.99. The lowest BCUT2D eigenvalue weighted by Crippen LogP contribution is -2.39. The third kappa shape index (κ3) is 3.65. The Morgan fingerprint density at radius 2 is 2.19 bits per heavy atom. The Balaban J connectivity index is 1.50. The van der Waals surface area contributed by atoms with Gasteiger partial charge in [0.2, 0.25) is 5.13 Å². The van der Waals surface area contributed by atoms with E-state index >= 15 is 0 Å². The molecule has 8 heteroatoms. The minimum Gasteiger partial charge on any atom is -0.463 e. The summed E-state index contributed by atoms with van der Waals surface area (Å²) in [6, 6.07) is 5.60. The van der Waals surface area contributed by atoms with Crippen LogP contribution in [0.3, 0.4) is 0 Å². The topological polar surface area (TPSA) is 85.0 Å². The minimum absolute atomic E-state index is 0.194. The summed E-state index contributed by atoms with van der Waals surface area (Å²) >= 11 is 1.45. The average molecular weight is 371 g/mol. The highest BCUT2D eigenvalue weighted by Crippen LogP contribution is 2.26. The largest absolute Gasteiger partial charge is 0.463 e. The molecule has 0 aliphatic heterocycles. The maximum atomic E-state index is 12.4. The van der Waals surface area contributed by atoms with Gasteiger partial charge in [-0.1, -0.05) is 19.3 Å². The summed E-state index contributed by atoms with van der Waals surface area (Å²) in [5, 5.41) is 13.0. The lowest BCUT2D eigenvalue weighted by atomic mass is 9.96. The molecular weight excluding hydrogens is 350 g/mol. The first kappa shape index (κ1) is 16.8. The zero-order valence-electron chi connectivity index (χ0n) is 14.6. The number of thiazole rings is 1. The Hall–Kier alpha value is -2.61. The number of aryl methyl sites for hydroxylation is 1.